The van der Waals surface area contributed by atoms with Crippen molar-refractivity contribution in [2.75, 3.05) is 6.61 Å². The van der Waals surface area contributed by atoms with Crippen molar-refractivity contribution < 1.29 is 5.11 Å². The molecule has 108 valence electrons. The number of aliphatic hydroxyl groups is 1. The van der Waals surface area contributed by atoms with Crippen LogP contribution < -0.4 is 5.32 Å². The van der Waals surface area contributed by atoms with Crippen LogP contribution in [0.1, 0.15) is 30.6 Å². The predicted molar refractivity (Wildman–Crippen MR) is 81.1 cm³/mol. The molecule has 1 atom stereocenters. The Kier molecular flexibility index (Phi) is 5.70. The van der Waals surface area contributed by atoms with Gasteiger partial charge in [-0.25, -0.2) is 0 Å². The molecule has 6 heteroatoms. The highest BCUT2D eigenvalue weighted by atomic mass is 79.9. The minimum atomic E-state index is 0.175. The summed E-state index contributed by atoms with van der Waals surface area (Å²) in [7, 11) is 0. The van der Waals surface area contributed by atoms with Crippen molar-refractivity contribution in [3.63, 3.8) is 0 Å². The summed E-state index contributed by atoms with van der Waals surface area (Å²) < 4.78 is 2.85. The number of aromatic nitrogens is 3. The number of rotatable bonds is 7. The molecule has 0 aliphatic carbocycles. The summed E-state index contributed by atoms with van der Waals surface area (Å²) >= 11 is 3.43. The van der Waals surface area contributed by atoms with E-state index in [1.165, 1.54) is 5.56 Å². The molecule has 0 saturated heterocycles. The Hall–Kier alpha value is -1.24. The molecule has 20 heavy (non-hydrogen) atoms. The quantitative estimate of drug-likeness (QED) is 0.812. The molecule has 0 spiro atoms. The first-order valence-electron chi connectivity index (χ1n) is 6.68. The summed E-state index contributed by atoms with van der Waals surface area (Å²) in [5.74, 6) is 0. The highest BCUT2D eigenvalue weighted by molar-refractivity contribution is 9.10. The lowest BCUT2D eigenvalue weighted by molar-refractivity contribution is 0.276. The Morgan fingerprint density at radius 1 is 1.35 bits per heavy atom. The van der Waals surface area contributed by atoms with Gasteiger partial charge < -0.3 is 10.4 Å². The number of nitrogens with zero attached hydrogens (tertiary/aromatic N) is 3. The van der Waals surface area contributed by atoms with Crippen LogP contribution in [0.4, 0.5) is 0 Å². The predicted octanol–water partition coefficient (Wildman–Crippen LogP) is 2.27. The number of benzene rings is 1. The Labute approximate surface area is 127 Å². The Bertz CT molecular complexity index is 526. The molecule has 0 radical (unpaired) electrons. The minimum absolute atomic E-state index is 0.175. The number of hydrogen-bond donors (Lipinski definition) is 2. The zero-order valence-corrected chi connectivity index (χ0v) is 13.0. The van der Waals surface area contributed by atoms with Crippen molar-refractivity contribution in [3.05, 3.63) is 46.2 Å². The zero-order valence-electron chi connectivity index (χ0n) is 11.5. The first-order chi connectivity index (χ1) is 9.69. The van der Waals surface area contributed by atoms with Gasteiger partial charge in [0.15, 0.2) is 0 Å². The molecule has 0 amide bonds. The lowest BCUT2D eigenvalue weighted by atomic mass is 10.1. The van der Waals surface area contributed by atoms with Crippen LogP contribution in [0, 0.1) is 0 Å². The molecule has 1 aromatic heterocycles. The molecule has 1 heterocycles. The third-order valence-corrected chi connectivity index (χ3v) is 3.62. The standard InChI is InChI=1S/C14H19BrN4O/c1-11(12-3-5-13(15)6-4-12)16-9-14-10-19(18-17-14)7-2-8-20/h3-6,10-11,16,20H,2,7-9H2,1H3. The second kappa shape index (κ2) is 7.52. The van der Waals surface area contributed by atoms with Crippen LogP contribution in [0.5, 0.6) is 0 Å². The summed E-state index contributed by atoms with van der Waals surface area (Å²) in [6.45, 7) is 3.68. The van der Waals surface area contributed by atoms with Crippen LogP contribution in [0.3, 0.4) is 0 Å². The van der Waals surface area contributed by atoms with Gasteiger partial charge in [0.25, 0.3) is 0 Å². The van der Waals surface area contributed by atoms with E-state index in [1.54, 1.807) is 4.68 Å². The first kappa shape index (κ1) is 15.2. The van der Waals surface area contributed by atoms with Crippen molar-refractivity contribution in [1.82, 2.24) is 20.3 Å². The summed E-state index contributed by atoms with van der Waals surface area (Å²) in [4.78, 5) is 0. The van der Waals surface area contributed by atoms with Crippen molar-refractivity contribution in [2.45, 2.75) is 32.5 Å². The van der Waals surface area contributed by atoms with Crippen molar-refractivity contribution in [3.8, 4) is 0 Å². The van der Waals surface area contributed by atoms with Gasteiger partial charge in [-0.05, 0) is 31.0 Å². The number of hydrogen-bond acceptors (Lipinski definition) is 4. The molecule has 0 aliphatic rings. The van der Waals surface area contributed by atoms with Crippen LogP contribution >= 0.6 is 15.9 Å². The van der Waals surface area contributed by atoms with Gasteiger partial charge in [0.2, 0.25) is 0 Å². The number of halogens is 1. The molecule has 2 rings (SSSR count). The maximum atomic E-state index is 8.78. The van der Waals surface area contributed by atoms with E-state index in [4.69, 9.17) is 5.11 Å². The number of aliphatic hydroxyl groups excluding tert-OH is 1. The number of nitrogens with one attached hydrogen (secondary N) is 1. The van der Waals surface area contributed by atoms with E-state index >= 15 is 0 Å². The Morgan fingerprint density at radius 2 is 2.10 bits per heavy atom. The molecule has 1 aromatic carbocycles. The van der Waals surface area contributed by atoms with Crippen molar-refractivity contribution in [2.24, 2.45) is 0 Å². The van der Waals surface area contributed by atoms with Gasteiger partial charge in [0.1, 0.15) is 0 Å². The van der Waals surface area contributed by atoms with Gasteiger partial charge in [-0.3, -0.25) is 4.68 Å². The van der Waals surface area contributed by atoms with Gasteiger partial charge in [-0.15, -0.1) is 5.10 Å². The van der Waals surface area contributed by atoms with Gasteiger partial charge in [-0.1, -0.05) is 33.3 Å². The Balaban J connectivity index is 1.85. The summed E-state index contributed by atoms with van der Waals surface area (Å²) in [5.41, 5.74) is 2.15. The smallest absolute Gasteiger partial charge is 0.0965 e. The van der Waals surface area contributed by atoms with Crippen LogP contribution in [0.15, 0.2) is 34.9 Å². The van der Waals surface area contributed by atoms with E-state index < -0.39 is 0 Å². The van der Waals surface area contributed by atoms with E-state index in [0.717, 1.165) is 10.2 Å². The van der Waals surface area contributed by atoms with Gasteiger partial charge in [-0.2, -0.15) is 0 Å². The Morgan fingerprint density at radius 3 is 2.80 bits per heavy atom. The second-order valence-corrected chi connectivity index (χ2v) is 5.62. The molecular formula is C14H19BrN4O. The first-order valence-corrected chi connectivity index (χ1v) is 7.47. The fourth-order valence-electron chi connectivity index (χ4n) is 1.89. The fourth-order valence-corrected chi connectivity index (χ4v) is 2.15. The average molecular weight is 339 g/mol. The van der Waals surface area contributed by atoms with Crippen molar-refractivity contribution >= 4 is 15.9 Å². The van der Waals surface area contributed by atoms with Crippen LogP contribution in [-0.4, -0.2) is 26.7 Å². The molecular weight excluding hydrogens is 320 g/mol. The van der Waals surface area contributed by atoms with E-state index in [-0.39, 0.29) is 12.6 Å². The normalized spacial score (nSPS) is 12.6. The molecule has 0 bridgehead atoms. The molecule has 5 nitrogen and oxygen atoms in total. The summed E-state index contributed by atoms with van der Waals surface area (Å²) in [6.07, 6.45) is 2.61. The van der Waals surface area contributed by atoms with Gasteiger partial charge in [0.05, 0.1) is 5.69 Å². The lowest BCUT2D eigenvalue weighted by Gasteiger charge is -2.13. The molecule has 2 N–H and O–H groups in total. The largest absolute Gasteiger partial charge is 0.396 e. The average Bonchev–Trinajstić information content (AvgIpc) is 2.91. The maximum Gasteiger partial charge on any atom is 0.0965 e. The van der Waals surface area contributed by atoms with E-state index in [9.17, 15) is 0 Å². The highest BCUT2D eigenvalue weighted by Gasteiger charge is 2.06. The monoisotopic (exact) mass is 338 g/mol. The SMILES string of the molecule is CC(NCc1cn(CCCO)nn1)c1ccc(Br)cc1. The third-order valence-electron chi connectivity index (χ3n) is 3.09. The molecule has 0 saturated carbocycles. The van der Waals surface area contributed by atoms with E-state index in [2.05, 4.69) is 50.6 Å². The second-order valence-electron chi connectivity index (χ2n) is 4.70. The fraction of sp³-hybridized carbons (Fsp3) is 0.429. The van der Waals surface area contributed by atoms with E-state index in [1.807, 2.05) is 18.3 Å². The third kappa shape index (κ3) is 4.40. The molecule has 2 aromatic rings. The highest BCUT2D eigenvalue weighted by Crippen LogP contribution is 2.16. The molecule has 0 aliphatic heterocycles. The molecule has 1 unspecified atom stereocenters. The van der Waals surface area contributed by atoms with E-state index in [0.29, 0.717) is 19.5 Å². The van der Waals surface area contributed by atoms with Crippen LogP contribution in [0.25, 0.3) is 0 Å². The zero-order chi connectivity index (χ0) is 14.4. The summed E-state index contributed by atoms with van der Waals surface area (Å²) in [6, 6.07) is 8.53. The van der Waals surface area contributed by atoms with Crippen molar-refractivity contribution in [1.29, 1.82) is 0 Å². The van der Waals surface area contributed by atoms with Crippen LogP contribution in [0.2, 0.25) is 0 Å². The topological polar surface area (TPSA) is 63.0 Å². The number of aryl methyl sites for hydroxylation is 1. The minimum Gasteiger partial charge on any atom is -0.396 e. The van der Waals surface area contributed by atoms with Gasteiger partial charge in [0, 0.05) is 36.4 Å². The molecule has 0 fully saturated rings. The van der Waals surface area contributed by atoms with Gasteiger partial charge >= 0.3 is 0 Å². The lowest BCUT2D eigenvalue weighted by Crippen LogP contribution is -2.18. The van der Waals surface area contributed by atoms with Crippen LogP contribution in [-0.2, 0) is 13.1 Å². The summed E-state index contributed by atoms with van der Waals surface area (Å²) in [5, 5.41) is 20.3. The maximum absolute atomic E-state index is 8.78.